The van der Waals surface area contributed by atoms with Crippen LogP contribution in [0.2, 0.25) is 0 Å². The molecule has 0 N–H and O–H groups in total. The molecular formula is C66H128F12N8O6. The van der Waals surface area contributed by atoms with Gasteiger partial charge in [0.15, 0.2) is 0 Å². The van der Waals surface area contributed by atoms with Gasteiger partial charge in [0.2, 0.25) is 0 Å². The third kappa shape index (κ3) is 35.4. The van der Waals surface area contributed by atoms with Crippen LogP contribution in [0.1, 0.15) is 177 Å². The smallest absolute Gasteiger partial charge is 0.378 e. The molecule has 8 heterocycles. The van der Waals surface area contributed by atoms with E-state index in [1.54, 1.807) is 37.5 Å². The molecule has 92 heavy (non-hydrogen) atoms. The van der Waals surface area contributed by atoms with Gasteiger partial charge in [0.1, 0.15) is 24.2 Å². The summed E-state index contributed by atoms with van der Waals surface area (Å²) in [6, 6.07) is -2.77. The Morgan fingerprint density at radius 1 is 0.272 bits per heavy atom. The molecule has 552 valence electrons. The van der Waals surface area contributed by atoms with Gasteiger partial charge in [0, 0.05) is 114 Å². The van der Waals surface area contributed by atoms with E-state index in [4.69, 9.17) is 28.4 Å². The average Bonchev–Trinajstić information content (AvgIpc) is 1.37. The van der Waals surface area contributed by atoms with E-state index >= 15 is 0 Å². The molecule has 0 aliphatic carbocycles. The average molecular weight is 1360 g/mol. The lowest BCUT2D eigenvalue weighted by atomic mass is 10.00. The van der Waals surface area contributed by atoms with Crippen molar-refractivity contribution in [3.63, 3.8) is 0 Å². The second-order valence-electron chi connectivity index (χ2n) is 27.8. The summed E-state index contributed by atoms with van der Waals surface area (Å²) in [5.41, 5.74) is 0. The Bertz CT molecular complexity index is 1600. The van der Waals surface area contributed by atoms with E-state index in [0.29, 0.717) is 101 Å². The summed E-state index contributed by atoms with van der Waals surface area (Å²) in [6.45, 7) is 55.4. The van der Waals surface area contributed by atoms with Crippen molar-refractivity contribution >= 4 is 0 Å². The highest BCUT2D eigenvalue weighted by atomic mass is 19.4. The third-order valence-corrected chi connectivity index (χ3v) is 17.6. The molecule has 0 aromatic carbocycles. The third-order valence-electron chi connectivity index (χ3n) is 17.6. The standard InChI is InChI=1S/2C9H16F3N.2C8H14F3NO.4C8H17NO/c2*1-7(2)13-6-4-3-5-8(13)9(10,11)12;2*1-6(2)12-3-4-13-5-7(12)8(9,10)11;4*1-7(2)9-4-5-10-8(3)6-9/h2*7-8H,3-6H2,1-2H3;2*6-7H,3-5H2,1-2H3;4*7-8H,4-6H2,1-3H3/t2*8-;2*7-;4*8-/m10101100/s1. The molecule has 8 fully saturated rings. The summed E-state index contributed by atoms with van der Waals surface area (Å²) in [5.74, 6) is 0. The summed E-state index contributed by atoms with van der Waals surface area (Å²) < 4.78 is 181. The highest BCUT2D eigenvalue weighted by Crippen LogP contribution is 2.35. The van der Waals surface area contributed by atoms with Crippen molar-refractivity contribution in [2.75, 3.05) is 131 Å². The lowest BCUT2D eigenvalue weighted by molar-refractivity contribution is -0.217. The van der Waals surface area contributed by atoms with Gasteiger partial charge >= 0.3 is 24.7 Å². The molecule has 8 atom stereocenters. The number of morpholine rings is 6. The van der Waals surface area contributed by atoms with Crippen LogP contribution in [-0.2, 0) is 28.4 Å². The molecule has 0 aromatic heterocycles. The number of piperidine rings is 2. The summed E-state index contributed by atoms with van der Waals surface area (Å²) in [7, 11) is 0. The van der Waals surface area contributed by atoms with Gasteiger partial charge in [-0.2, -0.15) is 52.7 Å². The molecule has 0 unspecified atom stereocenters. The molecule has 0 radical (unpaired) electrons. The van der Waals surface area contributed by atoms with E-state index in [1.807, 2.05) is 27.7 Å². The normalized spacial score (nSPS) is 27.9. The highest BCUT2D eigenvalue weighted by Gasteiger charge is 2.48. The zero-order valence-corrected chi connectivity index (χ0v) is 60.2. The first-order valence-corrected chi connectivity index (χ1v) is 34.4. The van der Waals surface area contributed by atoms with Gasteiger partial charge in [-0.15, -0.1) is 0 Å². The molecule has 0 aromatic rings. The topological polar surface area (TPSA) is 81.3 Å². The van der Waals surface area contributed by atoms with Crippen LogP contribution in [0.25, 0.3) is 0 Å². The molecule has 8 rings (SSSR count). The Kier molecular flexibility index (Phi) is 42.3. The van der Waals surface area contributed by atoms with Crippen LogP contribution in [0, 0.1) is 0 Å². The second-order valence-corrected chi connectivity index (χ2v) is 27.8. The van der Waals surface area contributed by atoms with Gasteiger partial charge in [-0.25, -0.2) is 0 Å². The Hall–Kier alpha value is -1.40. The molecule has 0 saturated carbocycles. The van der Waals surface area contributed by atoms with Gasteiger partial charge in [0.25, 0.3) is 0 Å². The van der Waals surface area contributed by atoms with Gasteiger partial charge in [-0.3, -0.25) is 39.2 Å². The second kappa shape index (κ2) is 43.9. The fraction of sp³-hybridized carbons (Fsp3) is 1.00. The van der Waals surface area contributed by atoms with E-state index in [9.17, 15) is 52.7 Å². The lowest BCUT2D eigenvalue weighted by Gasteiger charge is -2.39. The Morgan fingerprint density at radius 2 is 0.489 bits per heavy atom. The van der Waals surface area contributed by atoms with Crippen molar-refractivity contribution in [2.24, 2.45) is 0 Å². The van der Waals surface area contributed by atoms with Crippen molar-refractivity contribution in [2.45, 2.75) is 299 Å². The number of hydrogen-bond donors (Lipinski definition) is 0. The maximum absolute atomic E-state index is 12.5. The molecule has 26 heteroatoms. The van der Waals surface area contributed by atoms with Crippen LogP contribution in [0.15, 0.2) is 0 Å². The van der Waals surface area contributed by atoms with Crippen LogP contribution in [0.3, 0.4) is 0 Å². The first-order chi connectivity index (χ1) is 42.5. The quantitative estimate of drug-likeness (QED) is 0.216. The summed E-state index contributed by atoms with van der Waals surface area (Å²) in [6.07, 6.45) is -11.0. The summed E-state index contributed by atoms with van der Waals surface area (Å²) in [4.78, 5) is 15.8. The van der Waals surface area contributed by atoms with Crippen molar-refractivity contribution < 1.29 is 81.1 Å². The Labute approximate surface area is 548 Å². The van der Waals surface area contributed by atoms with E-state index in [1.165, 1.54) is 9.80 Å². The summed E-state index contributed by atoms with van der Waals surface area (Å²) in [5, 5.41) is 0. The largest absolute Gasteiger partial charge is 0.406 e. The lowest BCUT2D eigenvalue weighted by Crippen LogP contribution is -2.55. The number of rotatable bonds is 8. The minimum Gasteiger partial charge on any atom is -0.378 e. The Balaban J connectivity index is 0.000000527. The van der Waals surface area contributed by atoms with Crippen molar-refractivity contribution in [3.05, 3.63) is 0 Å². The highest BCUT2D eigenvalue weighted by molar-refractivity contribution is 4.88. The number of alkyl halides is 12. The molecule has 14 nitrogen and oxygen atoms in total. The molecule has 8 aliphatic rings. The SMILES string of the molecule is CC(C)N1CCCC[C@@H]1C(F)(F)F.CC(C)N1CCCC[C@H]1C(F)(F)F.CC(C)N1CCOC[C@@H]1C(F)(F)F.CC(C)N1CCOC[C@H]1C(F)(F)F.CC(C)N1CCO[C@@H](C)C1.CC(C)N1CCO[C@@H](C)C1.CC(C)N1CCO[C@H](C)C1.CC(C)N1CCO[C@H](C)C1. The molecule has 8 saturated heterocycles. The molecule has 0 amide bonds. The van der Waals surface area contributed by atoms with Crippen LogP contribution < -0.4 is 0 Å². The van der Waals surface area contributed by atoms with Crippen LogP contribution in [-0.4, -0.2) is 292 Å². The van der Waals surface area contributed by atoms with E-state index in [0.717, 1.165) is 91.6 Å². The number of likely N-dealkylation sites (tertiary alicyclic amines) is 2. The maximum atomic E-state index is 12.5. The van der Waals surface area contributed by atoms with Gasteiger partial charge in [0.05, 0.1) is 77.3 Å². The molecule has 0 spiro atoms. The summed E-state index contributed by atoms with van der Waals surface area (Å²) >= 11 is 0. The van der Waals surface area contributed by atoms with E-state index in [-0.39, 0.29) is 50.2 Å². The number of halogens is 12. The minimum atomic E-state index is -4.18. The fourth-order valence-electron chi connectivity index (χ4n) is 12.1. The van der Waals surface area contributed by atoms with E-state index in [2.05, 4.69) is 103 Å². The molecule has 8 aliphatic heterocycles. The van der Waals surface area contributed by atoms with Crippen molar-refractivity contribution in [3.8, 4) is 0 Å². The first-order valence-electron chi connectivity index (χ1n) is 34.4. The van der Waals surface area contributed by atoms with Crippen LogP contribution >= 0.6 is 0 Å². The zero-order chi connectivity index (χ0) is 70.5. The zero-order valence-electron chi connectivity index (χ0n) is 60.2. The molecule has 0 bridgehead atoms. The predicted octanol–water partition coefficient (Wildman–Crippen LogP) is 13.4. The maximum Gasteiger partial charge on any atom is 0.406 e. The fourth-order valence-corrected chi connectivity index (χ4v) is 12.1. The van der Waals surface area contributed by atoms with Gasteiger partial charge in [-0.1, -0.05) is 12.8 Å². The first kappa shape index (κ1) is 88.6. The number of hydrogen-bond acceptors (Lipinski definition) is 14. The number of nitrogens with zero attached hydrogens (tertiary/aromatic N) is 8. The monoisotopic (exact) mass is 1360 g/mol. The van der Waals surface area contributed by atoms with Gasteiger partial charge in [-0.05, 0) is 177 Å². The van der Waals surface area contributed by atoms with Crippen molar-refractivity contribution in [1.82, 2.24) is 39.2 Å². The van der Waals surface area contributed by atoms with E-state index < -0.39 is 48.9 Å². The molecular weight excluding hydrogens is 1230 g/mol. The van der Waals surface area contributed by atoms with Crippen LogP contribution in [0.5, 0.6) is 0 Å². The Morgan fingerprint density at radius 3 is 0.641 bits per heavy atom. The minimum absolute atomic E-state index is 0.00748. The van der Waals surface area contributed by atoms with Crippen molar-refractivity contribution in [1.29, 1.82) is 0 Å². The van der Waals surface area contributed by atoms with Gasteiger partial charge < -0.3 is 28.4 Å². The van der Waals surface area contributed by atoms with Crippen LogP contribution in [0.4, 0.5) is 52.7 Å². The predicted molar refractivity (Wildman–Crippen MR) is 345 cm³/mol. The number of ether oxygens (including phenoxy) is 6.